The number of hydrogen-bond acceptors (Lipinski definition) is 3. The first kappa shape index (κ1) is 19.6. The van der Waals surface area contributed by atoms with Crippen LogP contribution in [0.2, 0.25) is 0 Å². The second-order valence-corrected chi connectivity index (χ2v) is 6.59. The zero-order valence-electron chi connectivity index (χ0n) is 15.3. The van der Waals surface area contributed by atoms with Gasteiger partial charge in [0.05, 0.1) is 5.56 Å². The molecule has 0 fully saturated rings. The molecule has 3 rings (SSSR count). The number of alkyl halides is 3. The molecule has 3 aromatic rings. The molecule has 0 radical (unpaired) electrons. The highest BCUT2D eigenvalue weighted by Gasteiger charge is 2.30. The van der Waals surface area contributed by atoms with Crippen LogP contribution in [0, 0.1) is 6.92 Å². The Morgan fingerprint density at radius 3 is 2.29 bits per heavy atom. The van der Waals surface area contributed by atoms with Gasteiger partial charge in [-0.1, -0.05) is 19.1 Å². The van der Waals surface area contributed by atoms with Crippen LogP contribution in [0.4, 0.5) is 18.9 Å². The zero-order chi connectivity index (χ0) is 20.3. The average Bonchev–Trinajstić information content (AvgIpc) is 3.08. The van der Waals surface area contributed by atoms with Crippen molar-refractivity contribution in [3.63, 3.8) is 0 Å². The Kier molecular flexibility index (Phi) is 5.48. The quantitative estimate of drug-likeness (QED) is 0.651. The number of halogens is 3. The summed E-state index contributed by atoms with van der Waals surface area (Å²) in [5.41, 5.74) is 1.43. The van der Waals surface area contributed by atoms with Crippen LogP contribution in [0.1, 0.15) is 36.2 Å². The molecule has 0 bridgehead atoms. The number of nitrogens with zero attached hydrogens (tertiary/aromatic N) is 2. The van der Waals surface area contributed by atoms with E-state index in [4.69, 9.17) is 0 Å². The molecule has 0 spiro atoms. The number of aromatic nitrogens is 3. The number of nitrogens with one attached hydrogen (secondary N) is 2. The molecule has 1 atom stereocenters. The molecule has 0 aliphatic rings. The predicted molar refractivity (Wildman–Crippen MR) is 99.7 cm³/mol. The molecule has 0 aliphatic heterocycles. The lowest BCUT2D eigenvalue weighted by molar-refractivity contribution is -0.137. The van der Waals surface area contributed by atoms with Gasteiger partial charge in [-0.3, -0.25) is 9.89 Å². The standard InChI is InChI=1S/C20H19F3N4O/c1-12(14-3-7-16(8-4-14)20(21,22)23)11-18(28)25-17-9-5-15(6-10-17)19-24-13(2)26-27-19/h3-10,12H,11H2,1-2H3,(H,25,28)(H,24,26,27). The van der Waals surface area contributed by atoms with Crippen molar-refractivity contribution < 1.29 is 18.0 Å². The molecule has 1 unspecified atom stereocenters. The Morgan fingerprint density at radius 2 is 1.75 bits per heavy atom. The fraction of sp³-hybridized carbons (Fsp3) is 0.250. The lowest BCUT2D eigenvalue weighted by Gasteiger charge is -2.14. The zero-order valence-corrected chi connectivity index (χ0v) is 15.3. The fourth-order valence-corrected chi connectivity index (χ4v) is 2.78. The molecule has 2 aromatic carbocycles. The molecule has 8 heteroatoms. The van der Waals surface area contributed by atoms with Crippen LogP contribution in [0.15, 0.2) is 48.5 Å². The maximum absolute atomic E-state index is 12.6. The number of benzene rings is 2. The molecule has 0 saturated heterocycles. The number of H-pyrrole nitrogens is 1. The van der Waals surface area contributed by atoms with E-state index in [1.165, 1.54) is 12.1 Å². The number of rotatable bonds is 5. The molecule has 28 heavy (non-hydrogen) atoms. The molecule has 0 aliphatic carbocycles. The van der Waals surface area contributed by atoms with E-state index in [1.807, 2.05) is 6.92 Å². The SMILES string of the molecule is Cc1nc(-c2ccc(NC(=O)CC(C)c3ccc(C(F)(F)F)cc3)cc2)n[nH]1. The number of carbonyl (C=O) groups excluding carboxylic acids is 1. The van der Waals surface area contributed by atoms with Crippen LogP contribution in [-0.2, 0) is 11.0 Å². The van der Waals surface area contributed by atoms with Gasteiger partial charge < -0.3 is 5.32 Å². The molecule has 2 N–H and O–H groups in total. The summed E-state index contributed by atoms with van der Waals surface area (Å²) in [6.07, 6.45) is -4.21. The Labute approximate surface area is 160 Å². The van der Waals surface area contributed by atoms with Gasteiger partial charge in [-0.2, -0.15) is 18.3 Å². The summed E-state index contributed by atoms with van der Waals surface area (Å²) in [6.45, 7) is 3.61. The number of carbonyl (C=O) groups is 1. The summed E-state index contributed by atoms with van der Waals surface area (Å²) in [4.78, 5) is 16.5. The van der Waals surface area contributed by atoms with Crippen LogP contribution in [0.25, 0.3) is 11.4 Å². The van der Waals surface area contributed by atoms with E-state index >= 15 is 0 Å². The van der Waals surface area contributed by atoms with E-state index in [0.717, 1.165) is 17.7 Å². The van der Waals surface area contributed by atoms with Crippen molar-refractivity contribution in [1.29, 1.82) is 0 Å². The fourth-order valence-electron chi connectivity index (χ4n) is 2.78. The summed E-state index contributed by atoms with van der Waals surface area (Å²) >= 11 is 0. The predicted octanol–water partition coefficient (Wildman–Crippen LogP) is 4.93. The molecule has 1 amide bonds. The Hall–Kier alpha value is -3.16. The first-order valence-electron chi connectivity index (χ1n) is 8.69. The Balaban J connectivity index is 1.59. The van der Waals surface area contributed by atoms with Crippen molar-refractivity contribution in [3.8, 4) is 11.4 Å². The smallest absolute Gasteiger partial charge is 0.326 e. The van der Waals surface area contributed by atoms with Gasteiger partial charge in [0, 0.05) is 17.7 Å². The molecule has 1 aromatic heterocycles. The highest BCUT2D eigenvalue weighted by Crippen LogP contribution is 2.30. The van der Waals surface area contributed by atoms with Crippen LogP contribution < -0.4 is 5.32 Å². The minimum absolute atomic E-state index is 0.160. The van der Waals surface area contributed by atoms with Crippen LogP contribution >= 0.6 is 0 Å². The minimum Gasteiger partial charge on any atom is -0.326 e. The Bertz CT molecular complexity index is 947. The van der Waals surface area contributed by atoms with E-state index in [0.29, 0.717) is 22.9 Å². The van der Waals surface area contributed by atoms with Crippen molar-refractivity contribution in [2.24, 2.45) is 0 Å². The van der Waals surface area contributed by atoms with Gasteiger partial charge >= 0.3 is 6.18 Å². The van der Waals surface area contributed by atoms with Gasteiger partial charge in [0.2, 0.25) is 5.91 Å². The summed E-state index contributed by atoms with van der Waals surface area (Å²) in [5.74, 6) is 0.864. The third-order valence-corrected chi connectivity index (χ3v) is 4.32. The summed E-state index contributed by atoms with van der Waals surface area (Å²) in [5, 5.41) is 9.64. The summed E-state index contributed by atoms with van der Waals surface area (Å²) in [6, 6.07) is 12.0. The number of aromatic amines is 1. The largest absolute Gasteiger partial charge is 0.416 e. The first-order chi connectivity index (χ1) is 13.2. The van der Waals surface area contributed by atoms with Crippen LogP contribution in [0.3, 0.4) is 0 Å². The molecule has 5 nitrogen and oxygen atoms in total. The maximum Gasteiger partial charge on any atom is 0.416 e. The normalized spacial score (nSPS) is 12.6. The second kappa shape index (κ2) is 7.84. The number of hydrogen-bond donors (Lipinski definition) is 2. The number of amides is 1. The van der Waals surface area contributed by atoms with Crippen molar-refractivity contribution in [2.45, 2.75) is 32.4 Å². The highest BCUT2D eigenvalue weighted by molar-refractivity contribution is 5.91. The Morgan fingerprint density at radius 1 is 1.11 bits per heavy atom. The maximum atomic E-state index is 12.6. The van der Waals surface area contributed by atoms with Gasteiger partial charge in [0.1, 0.15) is 5.82 Å². The lowest BCUT2D eigenvalue weighted by atomic mass is 9.96. The average molecular weight is 388 g/mol. The first-order valence-corrected chi connectivity index (χ1v) is 8.69. The lowest BCUT2D eigenvalue weighted by Crippen LogP contribution is -2.14. The third-order valence-electron chi connectivity index (χ3n) is 4.32. The van der Waals surface area contributed by atoms with E-state index in [1.54, 1.807) is 31.2 Å². The summed E-state index contributed by atoms with van der Waals surface area (Å²) < 4.78 is 37.9. The molecular formula is C20H19F3N4O. The third kappa shape index (κ3) is 4.76. The van der Waals surface area contributed by atoms with Crippen molar-refractivity contribution >= 4 is 11.6 Å². The van der Waals surface area contributed by atoms with Gasteiger partial charge in [-0.05, 0) is 54.8 Å². The second-order valence-electron chi connectivity index (χ2n) is 6.59. The molecule has 146 valence electrons. The molecular weight excluding hydrogens is 369 g/mol. The van der Waals surface area contributed by atoms with E-state index in [9.17, 15) is 18.0 Å². The molecule has 1 heterocycles. The van der Waals surface area contributed by atoms with E-state index in [-0.39, 0.29) is 18.2 Å². The van der Waals surface area contributed by atoms with E-state index in [2.05, 4.69) is 20.5 Å². The van der Waals surface area contributed by atoms with Crippen molar-refractivity contribution in [2.75, 3.05) is 5.32 Å². The number of anilines is 1. The van der Waals surface area contributed by atoms with E-state index < -0.39 is 11.7 Å². The van der Waals surface area contributed by atoms with Gasteiger partial charge in [0.15, 0.2) is 5.82 Å². The van der Waals surface area contributed by atoms with Crippen LogP contribution in [0.5, 0.6) is 0 Å². The highest BCUT2D eigenvalue weighted by atomic mass is 19.4. The van der Waals surface area contributed by atoms with Gasteiger partial charge in [-0.25, -0.2) is 4.98 Å². The molecule has 0 saturated carbocycles. The van der Waals surface area contributed by atoms with Crippen molar-refractivity contribution in [1.82, 2.24) is 15.2 Å². The van der Waals surface area contributed by atoms with Crippen LogP contribution in [-0.4, -0.2) is 21.1 Å². The topological polar surface area (TPSA) is 70.7 Å². The summed E-state index contributed by atoms with van der Waals surface area (Å²) in [7, 11) is 0. The van der Waals surface area contributed by atoms with Gasteiger partial charge in [0.25, 0.3) is 0 Å². The van der Waals surface area contributed by atoms with Gasteiger partial charge in [-0.15, -0.1) is 0 Å². The minimum atomic E-state index is -4.37. The monoisotopic (exact) mass is 388 g/mol. The number of aryl methyl sites for hydroxylation is 1. The van der Waals surface area contributed by atoms with Crippen molar-refractivity contribution in [3.05, 3.63) is 65.5 Å².